The van der Waals surface area contributed by atoms with Crippen molar-refractivity contribution in [1.29, 1.82) is 0 Å². The first-order valence-corrected chi connectivity index (χ1v) is 5.71. The third kappa shape index (κ3) is 3.15. The summed E-state index contributed by atoms with van der Waals surface area (Å²) in [4.78, 5) is 15.2. The van der Waals surface area contributed by atoms with Crippen molar-refractivity contribution in [2.24, 2.45) is 5.73 Å². The number of hydrogen-bond acceptors (Lipinski definition) is 5. The van der Waals surface area contributed by atoms with Gasteiger partial charge in [0.15, 0.2) is 5.82 Å². The summed E-state index contributed by atoms with van der Waals surface area (Å²) in [6.07, 6.45) is 0. The van der Waals surface area contributed by atoms with E-state index in [9.17, 15) is 4.79 Å². The minimum Gasteiger partial charge on any atom is -0.394 e. The van der Waals surface area contributed by atoms with Crippen LogP contribution in [0.25, 0.3) is 11.4 Å². The third-order valence-electron chi connectivity index (χ3n) is 2.37. The molecule has 19 heavy (non-hydrogen) atoms. The molecule has 0 saturated heterocycles. The Morgan fingerprint density at radius 3 is 2.74 bits per heavy atom. The van der Waals surface area contributed by atoms with Crippen LogP contribution < -0.4 is 5.73 Å². The molecule has 0 aliphatic heterocycles. The number of carbonyl (C=O) groups excluding carboxylic acids is 1. The van der Waals surface area contributed by atoms with E-state index in [1.165, 1.54) is 4.68 Å². The Bertz CT molecular complexity index is 553. The topological polar surface area (TPSA) is 103 Å². The Morgan fingerprint density at radius 1 is 1.37 bits per heavy atom. The van der Waals surface area contributed by atoms with Crippen molar-refractivity contribution >= 4 is 5.91 Å². The second-order valence-corrected chi connectivity index (χ2v) is 3.75. The molecule has 3 N–H and O–H groups in total. The molecule has 7 nitrogen and oxygen atoms in total. The number of benzene rings is 1. The molecule has 2 rings (SSSR count). The number of hydrogen-bond donors (Lipinski definition) is 2. The Hall–Kier alpha value is -2.25. The van der Waals surface area contributed by atoms with Crippen molar-refractivity contribution < 1.29 is 14.6 Å². The van der Waals surface area contributed by atoms with E-state index >= 15 is 0 Å². The number of aliphatic hydroxyl groups is 1. The molecule has 0 bridgehead atoms. The quantitative estimate of drug-likeness (QED) is 0.714. The number of amides is 1. The maximum atomic E-state index is 11.1. The van der Waals surface area contributed by atoms with Crippen LogP contribution in [0, 0.1) is 0 Å². The first kappa shape index (κ1) is 13.2. The molecular weight excluding hydrogens is 248 g/mol. The lowest BCUT2D eigenvalue weighted by molar-refractivity contribution is 0.0425. The molecule has 0 aliphatic rings. The van der Waals surface area contributed by atoms with Gasteiger partial charge in [-0.1, -0.05) is 30.3 Å². The smallest absolute Gasteiger partial charge is 0.288 e. The molecule has 0 spiro atoms. The number of ether oxygens (including phenoxy) is 1. The summed E-state index contributed by atoms with van der Waals surface area (Å²) in [6.45, 7) is 0.184. The van der Waals surface area contributed by atoms with Crippen LogP contribution in [0.3, 0.4) is 0 Å². The van der Waals surface area contributed by atoms with Gasteiger partial charge in [0.05, 0.1) is 13.2 Å². The highest BCUT2D eigenvalue weighted by Crippen LogP contribution is 2.16. The van der Waals surface area contributed by atoms with Gasteiger partial charge in [-0.25, -0.2) is 9.67 Å². The number of aliphatic hydroxyl groups excluding tert-OH is 1. The second kappa shape index (κ2) is 6.07. The van der Waals surface area contributed by atoms with E-state index in [-0.39, 0.29) is 25.8 Å². The molecule has 0 atom stereocenters. The highest BCUT2D eigenvalue weighted by molar-refractivity contribution is 5.89. The lowest BCUT2D eigenvalue weighted by atomic mass is 10.2. The zero-order chi connectivity index (χ0) is 13.7. The van der Waals surface area contributed by atoms with Gasteiger partial charge in [-0.3, -0.25) is 4.79 Å². The normalized spacial score (nSPS) is 10.6. The summed E-state index contributed by atoms with van der Waals surface area (Å²) in [6, 6.07) is 9.27. The van der Waals surface area contributed by atoms with Crippen LogP contribution in [-0.4, -0.2) is 39.0 Å². The van der Waals surface area contributed by atoms with E-state index in [1.54, 1.807) is 0 Å². The zero-order valence-corrected chi connectivity index (χ0v) is 10.2. The van der Waals surface area contributed by atoms with Crippen LogP contribution in [0.4, 0.5) is 0 Å². The zero-order valence-electron chi connectivity index (χ0n) is 10.2. The molecule has 0 radical (unpaired) electrons. The van der Waals surface area contributed by atoms with Gasteiger partial charge in [0.25, 0.3) is 5.91 Å². The van der Waals surface area contributed by atoms with Crippen LogP contribution in [0.5, 0.6) is 0 Å². The predicted molar refractivity (Wildman–Crippen MR) is 67.0 cm³/mol. The number of nitrogens with two attached hydrogens (primary N) is 1. The minimum atomic E-state index is -0.696. The van der Waals surface area contributed by atoms with Crippen molar-refractivity contribution in [2.75, 3.05) is 13.2 Å². The average Bonchev–Trinajstić information content (AvgIpc) is 2.84. The lowest BCUT2D eigenvalue weighted by Gasteiger charge is -2.05. The second-order valence-electron chi connectivity index (χ2n) is 3.75. The summed E-state index contributed by atoms with van der Waals surface area (Å²) in [5, 5.41) is 12.7. The van der Waals surface area contributed by atoms with Gasteiger partial charge < -0.3 is 15.6 Å². The van der Waals surface area contributed by atoms with E-state index in [0.717, 1.165) is 5.56 Å². The molecule has 2 aromatic rings. The molecule has 0 unspecified atom stereocenters. The highest BCUT2D eigenvalue weighted by atomic mass is 16.5. The summed E-state index contributed by atoms with van der Waals surface area (Å²) in [7, 11) is 0. The molecule has 0 aliphatic carbocycles. The van der Waals surface area contributed by atoms with Gasteiger partial charge in [-0.2, -0.15) is 0 Å². The monoisotopic (exact) mass is 262 g/mol. The van der Waals surface area contributed by atoms with Crippen LogP contribution >= 0.6 is 0 Å². The van der Waals surface area contributed by atoms with Crippen molar-refractivity contribution in [1.82, 2.24) is 14.8 Å². The molecule has 0 saturated carbocycles. The third-order valence-corrected chi connectivity index (χ3v) is 2.37. The fraction of sp³-hybridized carbons (Fsp3) is 0.250. The molecule has 1 amide bonds. The summed E-state index contributed by atoms with van der Waals surface area (Å²) < 4.78 is 6.62. The molecule has 1 heterocycles. The maximum absolute atomic E-state index is 11.1. The van der Waals surface area contributed by atoms with Crippen LogP contribution in [0.1, 0.15) is 10.6 Å². The van der Waals surface area contributed by atoms with E-state index in [1.807, 2.05) is 30.3 Å². The minimum absolute atomic E-state index is 0.0635. The van der Waals surface area contributed by atoms with E-state index < -0.39 is 5.91 Å². The number of rotatable bonds is 6. The van der Waals surface area contributed by atoms with Crippen molar-refractivity contribution in [2.45, 2.75) is 6.73 Å². The fourth-order valence-electron chi connectivity index (χ4n) is 1.55. The summed E-state index contributed by atoms with van der Waals surface area (Å²) in [5.74, 6) is -0.267. The predicted octanol–water partition coefficient (Wildman–Crippen LogP) is 0.0104. The van der Waals surface area contributed by atoms with Gasteiger partial charge in [0.2, 0.25) is 5.82 Å². The van der Waals surface area contributed by atoms with Crippen LogP contribution in [0.15, 0.2) is 30.3 Å². The van der Waals surface area contributed by atoms with E-state index in [4.69, 9.17) is 15.6 Å². The standard InChI is InChI=1S/C12H14N4O3/c13-10(18)11-14-12(9-4-2-1-3-5-9)16(15-11)8-19-7-6-17/h1-5,17H,6-8H2,(H2,13,18). The Labute approximate surface area is 109 Å². The first-order valence-electron chi connectivity index (χ1n) is 5.71. The van der Waals surface area contributed by atoms with Gasteiger partial charge >= 0.3 is 0 Å². The Kier molecular flexibility index (Phi) is 4.22. The van der Waals surface area contributed by atoms with Gasteiger partial charge in [-0.05, 0) is 0 Å². The lowest BCUT2D eigenvalue weighted by Crippen LogP contribution is -2.14. The first-order chi connectivity index (χ1) is 9.22. The summed E-state index contributed by atoms with van der Waals surface area (Å²) >= 11 is 0. The van der Waals surface area contributed by atoms with Crippen molar-refractivity contribution in [3.05, 3.63) is 36.2 Å². The fourth-order valence-corrected chi connectivity index (χ4v) is 1.55. The molecule has 100 valence electrons. The SMILES string of the molecule is NC(=O)c1nc(-c2ccccc2)n(COCCO)n1. The van der Waals surface area contributed by atoms with Gasteiger partial charge in [0, 0.05) is 5.56 Å². The molecular formula is C12H14N4O3. The van der Waals surface area contributed by atoms with E-state index in [2.05, 4.69) is 10.1 Å². The van der Waals surface area contributed by atoms with Gasteiger partial charge in [-0.15, -0.1) is 5.10 Å². The highest BCUT2D eigenvalue weighted by Gasteiger charge is 2.15. The van der Waals surface area contributed by atoms with Gasteiger partial charge in [0.1, 0.15) is 6.73 Å². The van der Waals surface area contributed by atoms with Crippen molar-refractivity contribution in [3.63, 3.8) is 0 Å². The van der Waals surface area contributed by atoms with Crippen molar-refractivity contribution in [3.8, 4) is 11.4 Å². The van der Waals surface area contributed by atoms with Crippen LogP contribution in [-0.2, 0) is 11.5 Å². The maximum Gasteiger partial charge on any atom is 0.288 e. The molecule has 7 heteroatoms. The number of nitrogens with zero attached hydrogens (tertiary/aromatic N) is 3. The molecule has 1 aromatic heterocycles. The average molecular weight is 262 g/mol. The largest absolute Gasteiger partial charge is 0.394 e. The number of carbonyl (C=O) groups is 1. The van der Waals surface area contributed by atoms with E-state index in [0.29, 0.717) is 5.82 Å². The Balaban J connectivity index is 2.32. The summed E-state index contributed by atoms with van der Waals surface area (Å²) in [5.41, 5.74) is 5.97. The van der Waals surface area contributed by atoms with Crippen LogP contribution in [0.2, 0.25) is 0 Å². The molecule has 1 aromatic carbocycles. The number of aromatic nitrogens is 3. The number of primary amides is 1. The Morgan fingerprint density at radius 2 is 2.11 bits per heavy atom. The molecule has 0 fully saturated rings.